The van der Waals surface area contributed by atoms with Gasteiger partial charge in [-0.05, 0) is 61.4 Å². The fourth-order valence-electron chi connectivity index (χ4n) is 3.02. The van der Waals surface area contributed by atoms with Crippen LogP contribution in [-0.4, -0.2) is 22.7 Å². The lowest BCUT2D eigenvalue weighted by atomic mass is 10.1. The summed E-state index contributed by atoms with van der Waals surface area (Å²) in [5.74, 6) is 1.44. The second kappa shape index (κ2) is 8.65. The molecule has 152 valence electrons. The Balaban J connectivity index is 1.57. The monoisotopic (exact) mass is 403 g/mol. The molecule has 0 atom stereocenters. The molecule has 30 heavy (non-hydrogen) atoms. The Morgan fingerprint density at radius 1 is 1.03 bits per heavy atom. The lowest BCUT2D eigenvalue weighted by Gasteiger charge is -2.12. The highest BCUT2D eigenvalue weighted by Crippen LogP contribution is 2.27. The number of aromatic nitrogens is 2. The van der Waals surface area contributed by atoms with E-state index in [1.165, 1.54) is 0 Å². The average molecular weight is 403 g/mol. The van der Waals surface area contributed by atoms with Crippen molar-refractivity contribution in [1.82, 2.24) is 10.2 Å². The number of benzene rings is 2. The predicted molar refractivity (Wildman–Crippen MR) is 112 cm³/mol. The van der Waals surface area contributed by atoms with Gasteiger partial charge in [0.25, 0.3) is 11.8 Å². The van der Waals surface area contributed by atoms with Crippen molar-refractivity contribution < 1.29 is 18.4 Å². The molecule has 0 spiro atoms. The topological polar surface area (TPSA) is 90.4 Å². The third kappa shape index (κ3) is 4.10. The number of nitrogens with one attached hydrogen (secondary N) is 1. The van der Waals surface area contributed by atoms with Gasteiger partial charge in [-0.3, -0.25) is 4.79 Å². The molecule has 4 aromatic rings. The summed E-state index contributed by atoms with van der Waals surface area (Å²) in [6.07, 6.45) is 2.37. The Kier molecular flexibility index (Phi) is 5.61. The first-order valence-corrected chi connectivity index (χ1v) is 9.72. The van der Waals surface area contributed by atoms with Crippen LogP contribution in [0.4, 0.5) is 5.69 Å². The number of furan rings is 1. The van der Waals surface area contributed by atoms with Gasteiger partial charge in [0, 0.05) is 11.3 Å². The van der Waals surface area contributed by atoms with Crippen molar-refractivity contribution in [2.75, 3.05) is 11.9 Å². The summed E-state index contributed by atoms with van der Waals surface area (Å²) in [7, 11) is 0. The van der Waals surface area contributed by atoms with Crippen LogP contribution in [-0.2, 0) is 6.42 Å². The number of carbonyl (C=O) groups excluding carboxylic acids is 1. The number of hydrogen-bond donors (Lipinski definition) is 1. The second-order valence-corrected chi connectivity index (χ2v) is 6.54. The van der Waals surface area contributed by atoms with Crippen LogP contribution in [0.25, 0.3) is 23.1 Å². The summed E-state index contributed by atoms with van der Waals surface area (Å²) in [5, 5.41) is 11.0. The van der Waals surface area contributed by atoms with Crippen molar-refractivity contribution in [1.29, 1.82) is 0 Å². The number of nitrogens with zero attached hydrogens (tertiary/aromatic N) is 2. The SMILES string of the molecule is CCOc1ccc(CC)cc1C(=O)Nc1cccc(-c2nnc(-c3ccco3)o2)c1. The van der Waals surface area contributed by atoms with Crippen LogP contribution in [0.5, 0.6) is 5.75 Å². The molecular formula is C23H21N3O4. The first-order valence-electron chi connectivity index (χ1n) is 9.72. The van der Waals surface area contributed by atoms with Gasteiger partial charge in [-0.1, -0.05) is 19.1 Å². The van der Waals surface area contributed by atoms with Gasteiger partial charge in [0.1, 0.15) is 5.75 Å². The molecule has 0 fully saturated rings. The number of aryl methyl sites for hydroxylation is 1. The molecule has 7 heteroatoms. The number of hydrogen-bond acceptors (Lipinski definition) is 6. The van der Waals surface area contributed by atoms with Gasteiger partial charge in [0.05, 0.1) is 18.4 Å². The summed E-state index contributed by atoms with van der Waals surface area (Å²) >= 11 is 0. The van der Waals surface area contributed by atoms with Crippen molar-refractivity contribution in [2.24, 2.45) is 0 Å². The van der Waals surface area contributed by atoms with Gasteiger partial charge in [0.2, 0.25) is 5.89 Å². The number of amides is 1. The largest absolute Gasteiger partial charge is 0.493 e. The molecule has 4 rings (SSSR count). The molecule has 2 aromatic carbocycles. The quantitative estimate of drug-likeness (QED) is 0.455. The van der Waals surface area contributed by atoms with E-state index in [4.69, 9.17) is 13.6 Å². The molecule has 0 unspecified atom stereocenters. The zero-order valence-electron chi connectivity index (χ0n) is 16.7. The highest BCUT2D eigenvalue weighted by Gasteiger charge is 2.16. The molecule has 7 nitrogen and oxygen atoms in total. The van der Waals surface area contributed by atoms with Gasteiger partial charge in [-0.25, -0.2) is 0 Å². The van der Waals surface area contributed by atoms with Crippen molar-refractivity contribution >= 4 is 11.6 Å². The Morgan fingerprint density at radius 3 is 2.67 bits per heavy atom. The first-order chi connectivity index (χ1) is 14.7. The minimum absolute atomic E-state index is 0.243. The Labute approximate surface area is 173 Å². The van der Waals surface area contributed by atoms with Crippen molar-refractivity contribution in [2.45, 2.75) is 20.3 Å². The van der Waals surface area contributed by atoms with Crippen LogP contribution in [0, 0.1) is 0 Å². The van der Waals surface area contributed by atoms with Crippen LogP contribution in [0.3, 0.4) is 0 Å². The zero-order valence-corrected chi connectivity index (χ0v) is 16.7. The Bertz CT molecular complexity index is 1150. The van der Waals surface area contributed by atoms with Crippen LogP contribution >= 0.6 is 0 Å². The molecule has 1 N–H and O–H groups in total. The molecule has 1 amide bonds. The van der Waals surface area contributed by atoms with E-state index in [1.807, 2.05) is 44.2 Å². The maximum absolute atomic E-state index is 12.9. The molecule has 0 aliphatic rings. The summed E-state index contributed by atoms with van der Waals surface area (Å²) in [5.41, 5.74) is 2.86. The molecule has 0 radical (unpaired) electrons. The second-order valence-electron chi connectivity index (χ2n) is 6.54. The van der Waals surface area contributed by atoms with E-state index in [1.54, 1.807) is 30.5 Å². The number of ether oxygens (including phenoxy) is 1. The van der Waals surface area contributed by atoms with Gasteiger partial charge >= 0.3 is 0 Å². The highest BCUT2D eigenvalue weighted by molar-refractivity contribution is 6.06. The van der Waals surface area contributed by atoms with E-state index in [2.05, 4.69) is 15.5 Å². The lowest BCUT2D eigenvalue weighted by Crippen LogP contribution is -2.14. The van der Waals surface area contributed by atoms with Crippen molar-refractivity contribution in [3.63, 3.8) is 0 Å². The minimum Gasteiger partial charge on any atom is -0.493 e. The summed E-state index contributed by atoms with van der Waals surface area (Å²) in [4.78, 5) is 12.9. The van der Waals surface area contributed by atoms with E-state index in [9.17, 15) is 4.79 Å². The van der Waals surface area contributed by atoms with Gasteiger partial charge in [0.15, 0.2) is 5.76 Å². The molecule has 2 aromatic heterocycles. The molecule has 0 saturated carbocycles. The summed E-state index contributed by atoms with van der Waals surface area (Å²) in [6, 6.07) is 16.4. The van der Waals surface area contributed by atoms with Crippen molar-refractivity contribution in [3.05, 3.63) is 72.0 Å². The lowest BCUT2D eigenvalue weighted by molar-refractivity contribution is 0.102. The average Bonchev–Trinajstić information content (AvgIpc) is 3.46. The van der Waals surface area contributed by atoms with Gasteiger partial charge in [-0.2, -0.15) is 0 Å². The number of anilines is 1. The van der Waals surface area contributed by atoms with Gasteiger partial charge in [-0.15, -0.1) is 10.2 Å². The third-order valence-corrected chi connectivity index (χ3v) is 4.52. The summed E-state index contributed by atoms with van der Waals surface area (Å²) < 4.78 is 16.6. The normalized spacial score (nSPS) is 10.7. The maximum atomic E-state index is 12.9. The smallest absolute Gasteiger partial charge is 0.283 e. The minimum atomic E-state index is -0.243. The predicted octanol–water partition coefficient (Wildman–Crippen LogP) is 5.21. The Hall–Kier alpha value is -3.87. The fraction of sp³-hybridized carbons (Fsp3) is 0.174. The number of rotatable bonds is 7. The molecule has 0 bridgehead atoms. The highest BCUT2D eigenvalue weighted by atomic mass is 16.5. The van der Waals surface area contributed by atoms with Crippen LogP contribution in [0.15, 0.2) is 69.7 Å². The molecule has 2 heterocycles. The Morgan fingerprint density at radius 2 is 1.90 bits per heavy atom. The zero-order chi connectivity index (χ0) is 20.9. The van der Waals surface area contributed by atoms with Crippen molar-refractivity contribution in [3.8, 4) is 28.9 Å². The molecular weight excluding hydrogens is 382 g/mol. The van der Waals surface area contributed by atoms with E-state index < -0.39 is 0 Å². The standard InChI is InChI=1S/C23H21N3O4/c1-3-15-10-11-19(28-4-2)18(13-15)21(27)24-17-8-5-7-16(14-17)22-25-26-23(30-22)20-9-6-12-29-20/h5-14H,3-4H2,1-2H3,(H,24,27). The van der Waals surface area contributed by atoms with E-state index in [-0.39, 0.29) is 5.91 Å². The molecule has 0 saturated heterocycles. The molecule has 0 aliphatic heterocycles. The first kappa shape index (κ1) is 19.4. The maximum Gasteiger partial charge on any atom is 0.283 e. The third-order valence-electron chi connectivity index (χ3n) is 4.52. The number of carbonyl (C=O) groups is 1. The van der Waals surface area contributed by atoms with E-state index in [0.29, 0.717) is 46.7 Å². The summed E-state index contributed by atoms with van der Waals surface area (Å²) in [6.45, 7) is 4.42. The van der Waals surface area contributed by atoms with Crippen LogP contribution in [0.2, 0.25) is 0 Å². The van der Waals surface area contributed by atoms with E-state index in [0.717, 1.165) is 12.0 Å². The van der Waals surface area contributed by atoms with Gasteiger partial charge < -0.3 is 18.9 Å². The van der Waals surface area contributed by atoms with Crippen LogP contribution < -0.4 is 10.1 Å². The van der Waals surface area contributed by atoms with Crippen LogP contribution in [0.1, 0.15) is 29.8 Å². The molecule has 0 aliphatic carbocycles. The van der Waals surface area contributed by atoms with E-state index >= 15 is 0 Å². The fourth-order valence-corrected chi connectivity index (χ4v) is 3.02.